The van der Waals surface area contributed by atoms with Crippen LogP contribution in [0.15, 0.2) is 66.7 Å². The minimum atomic E-state index is -0.378. The number of amides is 2. The van der Waals surface area contributed by atoms with E-state index in [0.29, 0.717) is 43.3 Å². The molecule has 8 heteroatoms. The van der Waals surface area contributed by atoms with Crippen molar-refractivity contribution >= 4 is 64.1 Å². The van der Waals surface area contributed by atoms with Gasteiger partial charge >= 0.3 is 0 Å². The van der Waals surface area contributed by atoms with Crippen LogP contribution >= 0.6 is 34.8 Å². The number of carbonyl (C=O) groups is 2. The van der Waals surface area contributed by atoms with Gasteiger partial charge in [-0.25, -0.2) is 0 Å². The number of hydrogen-bond donors (Lipinski definition) is 2. The summed E-state index contributed by atoms with van der Waals surface area (Å²) in [6.45, 7) is 0. The van der Waals surface area contributed by atoms with Crippen molar-refractivity contribution in [1.29, 1.82) is 0 Å². The molecule has 0 aliphatic heterocycles. The molecule has 2 N–H and O–H groups in total. The van der Waals surface area contributed by atoms with Gasteiger partial charge in [-0.2, -0.15) is 0 Å². The number of carbonyl (C=O) groups excluding carboxylic acids is 2. The van der Waals surface area contributed by atoms with Crippen molar-refractivity contribution in [2.45, 2.75) is 0 Å². The van der Waals surface area contributed by atoms with Crippen molar-refractivity contribution in [3.8, 4) is 5.75 Å². The molecule has 0 radical (unpaired) electrons. The SMILES string of the molecule is COc1c(Cl)cc(Cl)cc1C=CC(=O)Nc1cccc(NC(=O)c2cccc(Cl)c2)c1. The van der Waals surface area contributed by atoms with Gasteiger partial charge in [0.2, 0.25) is 5.91 Å². The summed E-state index contributed by atoms with van der Waals surface area (Å²) in [7, 11) is 1.48. The molecule has 0 heterocycles. The minimum Gasteiger partial charge on any atom is -0.495 e. The van der Waals surface area contributed by atoms with Crippen LogP contribution in [-0.2, 0) is 4.79 Å². The Morgan fingerprint density at radius 1 is 0.871 bits per heavy atom. The lowest BCUT2D eigenvalue weighted by atomic mass is 10.2. The van der Waals surface area contributed by atoms with Crippen molar-refractivity contribution in [3.05, 3.63) is 92.9 Å². The van der Waals surface area contributed by atoms with Crippen LogP contribution in [0.4, 0.5) is 11.4 Å². The van der Waals surface area contributed by atoms with Crippen LogP contribution < -0.4 is 15.4 Å². The summed E-state index contributed by atoms with van der Waals surface area (Å²) >= 11 is 18.1. The molecule has 5 nitrogen and oxygen atoms in total. The summed E-state index contributed by atoms with van der Waals surface area (Å²) in [5.41, 5.74) is 2.03. The summed E-state index contributed by atoms with van der Waals surface area (Å²) in [5, 5.41) is 6.75. The summed E-state index contributed by atoms with van der Waals surface area (Å²) in [5.74, 6) is -0.270. The first-order chi connectivity index (χ1) is 14.9. The van der Waals surface area contributed by atoms with Gasteiger partial charge in [-0.1, -0.05) is 46.9 Å². The van der Waals surface area contributed by atoms with Crippen molar-refractivity contribution in [1.82, 2.24) is 0 Å². The van der Waals surface area contributed by atoms with Crippen LogP contribution in [0.2, 0.25) is 15.1 Å². The third kappa shape index (κ3) is 6.25. The first kappa shape index (κ1) is 22.7. The molecule has 0 spiro atoms. The van der Waals surface area contributed by atoms with Crippen LogP contribution in [0.3, 0.4) is 0 Å². The van der Waals surface area contributed by atoms with Crippen LogP contribution in [0.5, 0.6) is 5.75 Å². The number of benzene rings is 3. The standard InChI is InChI=1S/C23H17Cl3N2O3/c1-31-22-14(10-17(25)12-20(22)26)8-9-21(29)27-18-6-3-7-19(13-18)28-23(30)15-4-2-5-16(24)11-15/h2-13H,1H3,(H,27,29)(H,28,30). The average molecular weight is 476 g/mol. The Hall–Kier alpha value is -2.99. The molecule has 158 valence electrons. The maximum atomic E-state index is 12.4. The van der Waals surface area contributed by atoms with Gasteiger partial charge in [0, 0.05) is 38.6 Å². The maximum absolute atomic E-state index is 12.4. The molecule has 0 fully saturated rings. The largest absolute Gasteiger partial charge is 0.495 e. The summed E-state index contributed by atoms with van der Waals surface area (Å²) in [6, 6.07) is 16.6. The number of nitrogens with one attached hydrogen (secondary N) is 2. The van der Waals surface area contributed by atoms with E-state index in [1.807, 2.05) is 0 Å². The molecule has 2 amide bonds. The predicted molar refractivity (Wildman–Crippen MR) is 127 cm³/mol. The Balaban J connectivity index is 1.69. The molecule has 0 aliphatic carbocycles. The number of anilines is 2. The highest BCUT2D eigenvalue weighted by Crippen LogP contribution is 2.33. The second-order valence-corrected chi connectivity index (χ2v) is 7.66. The van der Waals surface area contributed by atoms with Gasteiger partial charge in [-0.3, -0.25) is 9.59 Å². The van der Waals surface area contributed by atoms with Gasteiger partial charge in [0.1, 0.15) is 5.75 Å². The third-order valence-corrected chi connectivity index (χ3v) is 4.86. The molecule has 0 atom stereocenters. The Morgan fingerprint density at radius 3 is 2.29 bits per heavy atom. The Morgan fingerprint density at radius 2 is 1.58 bits per heavy atom. The lowest BCUT2D eigenvalue weighted by molar-refractivity contribution is -0.111. The number of hydrogen-bond acceptors (Lipinski definition) is 3. The zero-order valence-corrected chi connectivity index (χ0v) is 18.6. The van der Waals surface area contributed by atoms with E-state index in [9.17, 15) is 9.59 Å². The fourth-order valence-electron chi connectivity index (χ4n) is 2.78. The zero-order valence-electron chi connectivity index (χ0n) is 16.3. The zero-order chi connectivity index (χ0) is 22.4. The second kappa shape index (κ2) is 10.4. The summed E-state index contributed by atoms with van der Waals surface area (Å²) < 4.78 is 5.26. The van der Waals surface area contributed by atoms with Crippen molar-refractivity contribution in [2.75, 3.05) is 17.7 Å². The molecule has 0 aliphatic rings. The van der Waals surface area contributed by atoms with Crippen molar-refractivity contribution in [2.24, 2.45) is 0 Å². The van der Waals surface area contributed by atoms with E-state index in [2.05, 4.69) is 10.6 Å². The molecular formula is C23H17Cl3N2O3. The third-order valence-electron chi connectivity index (χ3n) is 4.13. The first-order valence-electron chi connectivity index (χ1n) is 9.05. The van der Waals surface area contributed by atoms with E-state index in [0.717, 1.165) is 0 Å². The number of ether oxygens (including phenoxy) is 1. The van der Waals surface area contributed by atoms with Gasteiger partial charge in [-0.05, 0) is 54.6 Å². The first-order valence-corrected chi connectivity index (χ1v) is 10.2. The summed E-state index contributed by atoms with van der Waals surface area (Å²) in [6.07, 6.45) is 2.89. The predicted octanol–water partition coefficient (Wildman–Crippen LogP) is 6.56. The normalized spacial score (nSPS) is 10.7. The van der Waals surface area contributed by atoms with Crippen LogP contribution in [0, 0.1) is 0 Å². The van der Waals surface area contributed by atoms with Crippen molar-refractivity contribution in [3.63, 3.8) is 0 Å². The molecule has 3 aromatic carbocycles. The van der Waals surface area contributed by atoms with Gasteiger partial charge in [0.15, 0.2) is 0 Å². The highest BCUT2D eigenvalue weighted by Gasteiger charge is 2.09. The monoisotopic (exact) mass is 474 g/mol. The van der Waals surface area contributed by atoms with E-state index >= 15 is 0 Å². The topological polar surface area (TPSA) is 67.4 Å². The minimum absolute atomic E-state index is 0.309. The molecule has 0 saturated heterocycles. The fourth-order valence-corrected chi connectivity index (χ4v) is 3.55. The molecule has 0 bridgehead atoms. The van der Waals surface area contributed by atoms with Crippen molar-refractivity contribution < 1.29 is 14.3 Å². The lowest BCUT2D eigenvalue weighted by Crippen LogP contribution is -2.12. The van der Waals surface area contributed by atoms with E-state index in [1.165, 1.54) is 13.2 Å². The maximum Gasteiger partial charge on any atom is 0.255 e. The quantitative estimate of drug-likeness (QED) is 0.397. The van der Waals surface area contributed by atoms with Gasteiger partial charge in [-0.15, -0.1) is 0 Å². The van der Waals surface area contributed by atoms with Gasteiger partial charge in [0.05, 0.1) is 12.1 Å². The average Bonchev–Trinajstić information content (AvgIpc) is 2.72. The van der Waals surface area contributed by atoms with Crippen LogP contribution in [0.1, 0.15) is 15.9 Å². The summed E-state index contributed by atoms with van der Waals surface area (Å²) in [4.78, 5) is 24.7. The number of methoxy groups -OCH3 is 1. The molecule has 0 unspecified atom stereocenters. The van der Waals surface area contributed by atoms with Crippen LogP contribution in [0.25, 0.3) is 6.08 Å². The second-order valence-electron chi connectivity index (χ2n) is 6.38. The Bertz CT molecular complexity index is 1160. The van der Waals surface area contributed by atoms with Gasteiger partial charge in [0.25, 0.3) is 5.91 Å². The highest BCUT2D eigenvalue weighted by atomic mass is 35.5. The van der Waals surface area contributed by atoms with Gasteiger partial charge < -0.3 is 15.4 Å². The smallest absolute Gasteiger partial charge is 0.255 e. The van der Waals surface area contributed by atoms with E-state index in [-0.39, 0.29) is 11.8 Å². The fraction of sp³-hybridized carbons (Fsp3) is 0.0435. The number of rotatable bonds is 6. The Kier molecular flexibility index (Phi) is 7.58. The Labute approximate surface area is 194 Å². The van der Waals surface area contributed by atoms with E-state index < -0.39 is 0 Å². The molecule has 0 saturated carbocycles. The lowest BCUT2D eigenvalue weighted by Gasteiger charge is -2.09. The molecule has 0 aromatic heterocycles. The highest BCUT2D eigenvalue weighted by molar-refractivity contribution is 6.36. The van der Waals surface area contributed by atoms with E-state index in [1.54, 1.807) is 66.7 Å². The molecule has 31 heavy (non-hydrogen) atoms. The molecule has 3 aromatic rings. The van der Waals surface area contributed by atoms with E-state index in [4.69, 9.17) is 39.5 Å². The molecule has 3 rings (SSSR count). The van der Waals surface area contributed by atoms with Crippen LogP contribution in [-0.4, -0.2) is 18.9 Å². The molecular weight excluding hydrogens is 459 g/mol. The number of halogens is 3.